The Balaban J connectivity index is 1.70. The van der Waals surface area contributed by atoms with Crippen molar-refractivity contribution in [2.45, 2.75) is 25.2 Å². The lowest BCUT2D eigenvalue weighted by Gasteiger charge is -2.05. The van der Waals surface area contributed by atoms with E-state index >= 15 is 0 Å². The fourth-order valence-corrected chi connectivity index (χ4v) is 2.74. The molecule has 0 bridgehead atoms. The van der Waals surface area contributed by atoms with Crippen LogP contribution >= 0.6 is 11.8 Å². The molecule has 0 aliphatic heterocycles. The van der Waals surface area contributed by atoms with Crippen LogP contribution in [0.2, 0.25) is 0 Å². The van der Waals surface area contributed by atoms with E-state index in [2.05, 4.69) is 10.5 Å². The molecule has 1 aromatic heterocycles. The van der Waals surface area contributed by atoms with E-state index in [1.54, 1.807) is 37.7 Å². The maximum absolute atomic E-state index is 12.7. The zero-order chi connectivity index (χ0) is 15.2. The van der Waals surface area contributed by atoms with Gasteiger partial charge in [-0.1, -0.05) is 5.16 Å². The minimum atomic E-state index is -0.230. The van der Waals surface area contributed by atoms with Crippen molar-refractivity contribution in [3.63, 3.8) is 0 Å². The fourth-order valence-electron chi connectivity index (χ4n) is 1.89. The predicted octanol–water partition coefficient (Wildman–Crippen LogP) is 3.34. The number of aryl methyl sites for hydroxylation is 2. The highest BCUT2D eigenvalue weighted by molar-refractivity contribution is 7.99. The van der Waals surface area contributed by atoms with Gasteiger partial charge in [0.2, 0.25) is 0 Å². The summed E-state index contributed by atoms with van der Waals surface area (Å²) in [5, 5.41) is 6.61. The normalized spacial score (nSPS) is 10.6. The number of benzene rings is 1. The first-order valence-corrected chi connectivity index (χ1v) is 7.66. The van der Waals surface area contributed by atoms with E-state index in [4.69, 9.17) is 4.52 Å². The van der Waals surface area contributed by atoms with Crippen LogP contribution < -0.4 is 5.32 Å². The molecule has 1 N–H and O–H groups in total. The maximum atomic E-state index is 12.7. The predicted molar refractivity (Wildman–Crippen MR) is 80.1 cm³/mol. The van der Waals surface area contributed by atoms with Gasteiger partial charge in [0.15, 0.2) is 0 Å². The van der Waals surface area contributed by atoms with Crippen LogP contribution in [0, 0.1) is 19.7 Å². The largest absolute Gasteiger partial charge is 0.361 e. The summed E-state index contributed by atoms with van der Waals surface area (Å²) in [6.07, 6.45) is 0.831. The molecule has 0 saturated heterocycles. The van der Waals surface area contributed by atoms with Crippen molar-refractivity contribution in [3.05, 3.63) is 47.1 Å². The van der Waals surface area contributed by atoms with Gasteiger partial charge in [-0.15, -0.1) is 11.8 Å². The van der Waals surface area contributed by atoms with Crippen molar-refractivity contribution >= 4 is 17.7 Å². The lowest BCUT2D eigenvalue weighted by Crippen LogP contribution is -2.25. The van der Waals surface area contributed by atoms with Gasteiger partial charge < -0.3 is 9.84 Å². The summed E-state index contributed by atoms with van der Waals surface area (Å²) in [4.78, 5) is 13.0. The minimum absolute atomic E-state index is 0.155. The minimum Gasteiger partial charge on any atom is -0.361 e. The van der Waals surface area contributed by atoms with Crippen LogP contribution in [-0.2, 0) is 0 Å². The average molecular weight is 308 g/mol. The molecule has 0 unspecified atom stereocenters. The molecule has 2 rings (SSSR count). The first-order valence-electron chi connectivity index (χ1n) is 6.67. The lowest BCUT2D eigenvalue weighted by molar-refractivity contribution is 0.0952. The molecule has 0 fully saturated rings. The molecule has 1 heterocycles. The number of carbonyl (C=O) groups is 1. The maximum Gasteiger partial charge on any atom is 0.256 e. The van der Waals surface area contributed by atoms with Gasteiger partial charge in [-0.25, -0.2) is 4.39 Å². The molecule has 2 aromatic rings. The van der Waals surface area contributed by atoms with E-state index in [-0.39, 0.29) is 11.7 Å². The second kappa shape index (κ2) is 7.26. The number of carbonyl (C=O) groups excluding carboxylic acids is 1. The van der Waals surface area contributed by atoms with Crippen molar-refractivity contribution < 1.29 is 13.7 Å². The topological polar surface area (TPSA) is 55.1 Å². The van der Waals surface area contributed by atoms with E-state index in [0.717, 1.165) is 17.1 Å². The molecular formula is C15H17FN2O2S. The Kier molecular flexibility index (Phi) is 5.38. The average Bonchev–Trinajstić information content (AvgIpc) is 2.79. The summed E-state index contributed by atoms with van der Waals surface area (Å²) < 4.78 is 17.7. The number of nitrogens with one attached hydrogen (secondary N) is 1. The third-order valence-corrected chi connectivity index (χ3v) is 4.05. The molecule has 1 aromatic carbocycles. The zero-order valence-electron chi connectivity index (χ0n) is 12.0. The third-order valence-electron chi connectivity index (χ3n) is 2.95. The van der Waals surface area contributed by atoms with Gasteiger partial charge in [-0.3, -0.25) is 4.79 Å². The van der Waals surface area contributed by atoms with Crippen LogP contribution in [0.15, 0.2) is 33.7 Å². The number of hydrogen-bond donors (Lipinski definition) is 1. The van der Waals surface area contributed by atoms with Crippen molar-refractivity contribution in [2.24, 2.45) is 0 Å². The van der Waals surface area contributed by atoms with Crippen LogP contribution in [0.3, 0.4) is 0 Å². The number of nitrogens with zero attached hydrogens (tertiary/aromatic N) is 1. The van der Waals surface area contributed by atoms with Crippen molar-refractivity contribution in [3.8, 4) is 0 Å². The smallest absolute Gasteiger partial charge is 0.256 e. The van der Waals surface area contributed by atoms with Crippen LogP contribution in [0.1, 0.15) is 28.2 Å². The summed E-state index contributed by atoms with van der Waals surface area (Å²) in [5.41, 5.74) is 1.12. The van der Waals surface area contributed by atoms with Crippen molar-refractivity contribution in [1.29, 1.82) is 0 Å². The molecule has 1 amide bonds. The summed E-state index contributed by atoms with van der Waals surface area (Å²) in [7, 11) is 0. The Morgan fingerprint density at radius 3 is 2.67 bits per heavy atom. The van der Waals surface area contributed by atoms with Crippen LogP contribution in [-0.4, -0.2) is 23.4 Å². The Morgan fingerprint density at radius 2 is 2.05 bits per heavy atom. The molecule has 112 valence electrons. The number of amides is 1. The molecule has 0 radical (unpaired) electrons. The van der Waals surface area contributed by atoms with Gasteiger partial charge in [-0.05, 0) is 50.3 Å². The van der Waals surface area contributed by atoms with Gasteiger partial charge in [0, 0.05) is 11.4 Å². The molecule has 0 spiro atoms. The second-order valence-electron chi connectivity index (χ2n) is 4.61. The highest BCUT2D eigenvalue weighted by Gasteiger charge is 2.16. The van der Waals surface area contributed by atoms with Gasteiger partial charge in [0.05, 0.1) is 5.69 Å². The first-order chi connectivity index (χ1) is 10.1. The Labute approximate surface area is 127 Å². The summed E-state index contributed by atoms with van der Waals surface area (Å²) in [5.74, 6) is 1.00. The molecule has 6 heteroatoms. The number of hydrogen-bond acceptors (Lipinski definition) is 4. The number of thioether (sulfide) groups is 1. The van der Waals surface area contributed by atoms with E-state index in [1.165, 1.54) is 12.1 Å². The molecular weight excluding hydrogens is 291 g/mol. The summed E-state index contributed by atoms with van der Waals surface area (Å²) >= 11 is 1.64. The quantitative estimate of drug-likeness (QED) is 0.657. The Bertz CT molecular complexity index is 591. The zero-order valence-corrected chi connectivity index (χ0v) is 12.8. The third kappa shape index (κ3) is 4.32. The monoisotopic (exact) mass is 308 g/mol. The van der Waals surface area contributed by atoms with Crippen LogP contribution in [0.25, 0.3) is 0 Å². The Hall–Kier alpha value is -1.82. The molecule has 4 nitrogen and oxygen atoms in total. The van der Waals surface area contributed by atoms with E-state index < -0.39 is 0 Å². The number of aromatic nitrogens is 1. The first kappa shape index (κ1) is 15.6. The SMILES string of the molecule is Cc1noc(C)c1C(=O)NCCCSc1ccc(F)cc1. The highest BCUT2D eigenvalue weighted by atomic mass is 32.2. The molecule has 0 atom stereocenters. The van der Waals surface area contributed by atoms with Gasteiger partial charge >= 0.3 is 0 Å². The van der Waals surface area contributed by atoms with E-state index in [1.807, 2.05) is 0 Å². The molecule has 0 aliphatic rings. The van der Waals surface area contributed by atoms with Crippen molar-refractivity contribution in [2.75, 3.05) is 12.3 Å². The van der Waals surface area contributed by atoms with Gasteiger partial charge in [-0.2, -0.15) is 0 Å². The summed E-state index contributed by atoms with van der Waals surface area (Å²) in [6, 6.07) is 6.40. The molecule has 0 aliphatic carbocycles. The van der Waals surface area contributed by atoms with Crippen LogP contribution in [0.5, 0.6) is 0 Å². The number of halogens is 1. The van der Waals surface area contributed by atoms with Gasteiger partial charge in [0.1, 0.15) is 17.1 Å². The highest BCUT2D eigenvalue weighted by Crippen LogP contribution is 2.18. The van der Waals surface area contributed by atoms with E-state index in [0.29, 0.717) is 23.6 Å². The van der Waals surface area contributed by atoms with Crippen LogP contribution in [0.4, 0.5) is 4.39 Å². The standard InChI is InChI=1S/C15H17FN2O2S/c1-10-14(11(2)20-18-10)15(19)17-8-3-9-21-13-6-4-12(16)5-7-13/h4-7H,3,8-9H2,1-2H3,(H,17,19). The molecule has 21 heavy (non-hydrogen) atoms. The molecule has 0 saturated carbocycles. The second-order valence-corrected chi connectivity index (χ2v) is 5.78. The lowest BCUT2D eigenvalue weighted by atomic mass is 10.2. The fraction of sp³-hybridized carbons (Fsp3) is 0.333. The number of rotatable bonds is 6. The van der Waals surface area contributed by atoms with Gasteiger partial charge in [0.25, 0.3) is 5.91 Å². The summed E-state index contributed by atoms with van der Waals surface area (Å²) in [6.45, 7) is 4.05. The van der Waals surface area contributed by atoms with Crippen molar-refractivity contribution in [1.82, 2.24) is 10.5 Å². The van der Waals surface area contributed by atoms with E-state index in [9.17, 15) is 9.18 Å². The Morgan fingerprint density at radius 1 is 1.33 bits per heavy atom.